The van der Waals surface area contributed by atoms with Crippen molar-refractivity contribution in [1.29, 1.82) is 0 Å². The number of benzene rings is 2. The quantitative estimate of drug-likeness (QED) is 0.783. The van der Waals surface area contributed by atoms with Gasteiger partial charge in [-0.3, -0.25) is 0 Å². The molecule has 2 nitrogen and oxygen atoms in total. The normalized spacial score (nSPS) is 10.5. The van der Waals surface area contributed by atoms with E-state index < -0.39 is 0 Å². The monoisotopic (exact) mass is 358 g/mol. The maximum Gasteiger partial charge on any atom is 0.0616 e. The highest BCUT2D eigenvalue weighted by molar-refractivity contribution is 9.10. The molecule has 19 heavy (non-hydrogen) atoms. The summed E-state index contributed by atoms with van der Waals surface area (Å²) < 4.78 is 1.06. The molecule has 0 heterocycles. The van der Waals surface area contributed by atoms with Gasteiger partial charge in [-0.05, 0) is 29.8 Å². The molecule has 0 aliphatic rings. The molecule has 0 aliphatic heterocycles. The first-order chi connectivity index (χ1) is 8.97. The van der Waals surface area contributed by atoms with Gasteiger partial charge in [0, 0.05) is 18.1 Å². The van der Waals surface area contributed by atoms with E-state index in [1.807, 2.05) is 24.1 Å². The van der Waals surface area contributed by atoms with Gasteiger partial charge < -0.3 is 10.6 Å². The van der Waals surface area contributed by atoms with Crippen LogP contribution in [0, 0.1) is 0 Å². The number of nitrogen functional groups attached to an aromatic ring is 1. The fraction of sp³-hybridized carbons (Fsp3) is 0.143. The summed E-state index contributed by atoms with van der Waals surface area (Å²) >= 11 is 15.4. The van der Waals surface area contributed by atoms with Crippen LogP contribution in [0.2, 0.25) is 10.0 Å². The van der Waals surface area contributed by atoms with Gasteiger partial charge in [-0.25, -0.2) is 0 Å². The predicted octanol–water partition coefficient (Wildman–Crippen LogP) is 4.97. The number of rotatable bonds is 3. The van der Waals surface area contributed by atoms with E-state index in [-0.39, 0.29) is 0 Å². The molecule has 0 bridgehead atoms. The Balaban J connectivity index is 2.25. The van der Waals surface area contributed by atoms with Gasteiger partial charge in [-0.1, -0.05) is 51.3 Å². The molecular formula is C14H13BrCl2N2. The first-order valence-electron chi connectivity index (χ1n) is 5.67. The second-order valence-corrected chi connectivity index (χ2v) is 6.04. The van der Waals surface area contributed by atoms with Gasteiger partial charge in [0.1, 0.15) is 0 Å². The van der Waals surface area contributed by atoms with Crippen molar-refractivity contribution >= 4 is 50.5 Å². The Hall–Kier alpha value is -0.900. The average Bonchev–Trinajstić information content (AvgIpc) is 2.33. The van der Waals surface area contributed by atoms with Crippen molar-refractivity contribution in [2.24, 2.45) is 0 Å². The lowest BCUT2D eigenvalue weighted by molar-refractivity contribution is 0.924. The molecule has 100 valence electrons. The van der Waals surface area contributed by atoms with Gasteiger partial charge in [0.25, 0.3) is 0 Å². The molecule has 2 aromatic rings. The van der Waals surface area contributed by atoms with E-state index in [1.165, 1.54) is 5.56 Å². The lowest BCUT2D eigenvalue weighted by Gasteiger charge is -2.22. The number of nitrogens with zero attached hydrogens (tertiary/aromatic N) is 1. The Labute approximate surface area is 131 Å². The second kappa shape index (κ2) is 6.04. The number of nitrogens with two attached hydrogens (primary N) is 1. The van der Waals surface area contributed by atoms with E-state index in [4.69, 9.17) is 28.9 Å². The van der Waals surface area contributed by atoms with Gasteiger partial charge in [-0.2, -0.15) is 0 Å². The fourth-order valence-electron chi connectivity index (χ4n) is 1.88. The Kier molecular flexibility index (Phi) is 4.61. The molecule has 0 saturated carbocycles. The molecule has 0 aromatic heterocycles. The van der Waals surface area contributed by atoms with E-state index in [1.54, 1.807) is 12.1 Å². The molecule has 0 amide bonds. The number of hydrogen-bond acceptors (Lipinski definition) is 2. The SMILES string of the molecule is CN(Cc1cccc(Br)c1)c1cc(Cl)c(Cl)cc1N. The molecule has 0 unspecified atom stereocenters. The van der Waals surface area contributed by atoms with Crippen molar-refractivity contribution in [3.8, 4) is 0 Å². The minimum absolute atomic E-state index is 0.471. The zero-order valence-electron chi connectivity index (χ0n) is 10.3. The molecule has 5 heteroatoms. The third-order valence-corrected chi connectivity index (χ3v) is 4.01. The van der Waals surface area contributed by atoms with Crippen LogP contribution in [0.4, 0.5) is 11.4 Å². The molecule has 2 rings (SSSR count). The summed E-state index contributed by atoms with van der Waals surface area (Å²) in [4.78, 5) is 2.04. The van der Waals surface area contributed by atoms with E-state index in [9.17, 15) is 0 Å². The van der Waals surface area contributed by atoms with Gasteiger partial charge in [-0.15, -0.1) is 0 Å². The highest BCUT2D eigenvalue weighted by atomic mass is 79.9. The minimum atomic E-state index is 0.471. The molecule has 0 saturated heterocycles. The van der Waals surface area contributed by atoms with Crippen molar-refractivity contribution < 1.29 is 0 Å². The molecule has 2 aromatic carbocycles. The Morgan fingerprint density at radius 2 is 1.84 bits per heavy atom. The lowest BCUT2D eigenvalue weighted by atomic mass is 10.2. The van der Waals surface area contributed by atoms with Crippen LogP contribution in [0.5, 0.6) is 0 Å². The van der Waals surface area contributed by atoms with Crippen LogP contribution >= 0.6 is 39.1 Å². The molecular weight excluding hydrogens is 347 g/mol. The molecule has 2 N–H and O–H groups in total. The van der Waals surface area contributed by atoms with Gasteiger partial charge in [0.15, 0.2) is 0 Å². The standard InChI is InChI=1S/C14H13BrCl2N2/c1-19(8-9-3-2-4-10(15)5-9)14-7-12(17)11(16)6-13(14)18/h2-7H,8,18H2,1H3. The van der Waals surface area contributed by atoms with E-state index in [0.717, 1.165) is 16.7 Å². The van der Waals surface area contributed by atoms with E-state index in [0.29, 0.717) is 15.7 Å². The fourth-order valence-corrected chi connectivity index (χ4v) is 2.65. The molecule has 0 atom stereocenters. The summed E-state index contributed by atoms with van der Waals surface area (Å²) in [6, 6.07) is 11.6. The Bertz CT molecular complexity index is 602. The zero-order valence-corrected chi connectivity index (χ0v) is 13.4. The van der Waals surface area contributed by atoms with Crippen molar-refractivity contribution in [2.75, 3.05) is 17.7 Å². The molecule has 0 aliphatic carbocycles. The summed E-state index contributed by atoms with van der Waals surface area (Å²) in [6.45, 7) is 0.738. The lowest BCUT2D eigenvalue weighted by Crippen LogP contribution is -2.17. The average molecular weight is 360 g/mol. The van der Waals surface area contributed by atoms with Crippen molar-refractivity contribution in [3.05, 3.63) is 56.5 Å². The number of anilines is 2. The zero-order chi connectivity index (χ0) is 14.0. The maximum absolute atomic E-state index is 6.04. The summed E-state index contributed by atoms with van der Waals surface area (Å²) in [6.07, 6.45) is 0. The van der Waals surface area contributed by atoms with Crippen LogP contribution in [-0.2, 0) is 6.54 Å². The van der Waals surface area contributed by atoms with Crippen LogP contribution in [0.15, 0.2) is 40.9 Å². The van der Waals surface area contributed by atoms with Crippen LogP contribution < -0.4 is 10.6 Å². The van der Waals surface area contributed by atoms with Crippen LogP contribution in [-0.4, -0.2) is 7.05 Å². The first-order valence-corrected chi connectivity index (χ1v) is 7.22. The second-order valence-electron chi connectivity index (χ2n) is 4.31. The summed E-state index contributed by atoms with van der Waals surface area (Å²) in [7, 11) is 1.97. The summed E-state index contributed by atoms with van der Waals surface area (Å²) in [5, 5.41) is 0.978. The van der Waals surface area contributed by atoms with Gasteiger partial charge in [0.2, 0.25) is 0 Å². The van der Waals surface area contributed by atoms with Crippen molar-refractivity contribution in [2.45, 2.75) is 6.54 Å². The largest absolute Gasteiger partial charge is 0.397 e. The molecule has 0 spiro atoms. The number of halogens is 3. The van der Waals surface area contributed by atoms with Crippen molar-refractivity contribution in [3.63, 3.8) is 0 Å². The highest BCUT2D eigenvalue weighted by Gasteiger charge is 2.10. The van der Waals surface area contributed by atoms with Gasteiger partial charge in [0.05, 0.1) is 21.4 Å². The van der Waals surface area contributed by atoms with E-state index >= 15 is 0 Å². The third kappa shape index (κ3) is 3.56. The van der Waals surface area contributed by atoms with Crippen molar-refractivity contribution in [1.82, 2.24) is 0 Å². The Morgan fingerprint density at radius 1 is 1.16 bits per heavy atom. The first kappa shape index (κ1) is 14.5. The highest BCUT2D eigenvalue weighted by Crippen LogP contribution is 2.33. The predicted molar refractivity (Wildman–Crippen MR) is 87.1 cm³/mol. The van der Waals surface area contributed by atoms with Crippen LogP contribution in [0.3, 0.4) is 0 Å². The number of hydrogen-bond donors (Lipinski definition) is 1. The van der Waals surface area contributed by atoms with Crippen LogP contribution in [0.25, 0.3) is 0 Å². The molecule has 0 radical (unpaired) electrons. The smallest absolute Gasteiger partial charge is 0.0616 e. The molecule has 0 fully saturated rings. The van der Waals surface area contributed by atoms with Crippen LogP contribution in [0.1, 0.15) is 5.56 Å². The summed E-state index contributed by atoms with van der Waals surface area (Å²) in [5.41, 5.74) is 8.65. The minimum Gasteiger partial charge on any atom is -0.397 e. The maximum atomic E-state index is 6.04. The Morgan fingerprint density at radius 3 is 2.53 bits per heavy atom. The van der Waals surface area contributed by atoms with Gasteiger partial charge >= 0.3 is 0 Å². The third-order valence-electron chi connectivity index (χ3n) is 2.79. The topological polar surface area (TPSA) is 29.3 Å². The van der Waals surface area contributed by atoms with E-state index in [2.05, 4.69) is 28.1 Å². The summed E-state index contributed by atoms with van der Waals surface area (Å²) in [5.74, 6) is 0.